The summed E-state index contributed by atoms with van der Waals surface area (Å²) in [5, 5.41) is 3.22. The van der Waals surface area contributed by atoms with Gasteiger partial charge >= 0.3 is 0 Å². The van der Waals surface area contributed by atoms with Crippen LogP contribution < -0.4 is 5.32 Å². The molecule has 1 unspecified atom stereocenters. The van der Waals surface area contributed by atoms with Crippen LogP contribution >= 0.6 is 0 Å². The molecule has 0 saturated carbocycles. The Morgan fingerprint density at radius 1 is 1.62 bits per heavy atom. The van der Waals surface area contributed by atoms with Gasteiger partial charge in [-0.1, -0.05) is 13.3 Å². The van der Waals surface area contributed by atoms with Crippen molar-refractivity contribution in [2.24, 2.45) is 0 Å². The van der Waals surface area contributed by atoms with Crippen molar-refractivity contribution in [1.29, 1.82) is 0 Å². The zero-order valence-corrected chi connectivity index (χ0v) is 8.34. The smallest absolute Gasteiger partial charge is 0.135 e. The van der Waals surface area contributed by atoms with Crippen molar-refractivity contribution in [1.82, 2.24) is 5.32 Å². The van der Waals surface area contributed by atoms with Crippen LogP contribution in [0.1, 0.15) is 32.6 Å². The topological polar surface area (TPSA) is 38.3 Å². The Kier molecular flexibility index (Phi) is 5.01. The minimum Gasteiger partial charge on any atom is -0.375 e. The van der Waals surface area contributed by atoms with E-state index in [-0.39, 0.29) is 6.10 Å². The molecule has 76 valence electrons. The Hall–Kier alpha value is -0.410. The third-order valence-electron chi connectivity index (χ3n) is 2.27. The second-order valence-electron chi connectivity index (χ2n) is 3.54. The second-order valence-corrected chi connectivity index (χ2v) is 3.54. The minimum atomic E-state index is 0.123. The van der Waals surface area contributed by atoms with Crippen LogP contribution in [0.2, 0.25) is 0 Å². The minimum absolute atomic E-state index is 0.123. The summed E-state index contributed by atoms with van der Waals surface area (Å²) in [5.41, 5.74) is 0. The predicted molar refractivity (Wildman–Crippen MR) is 51.8 cm³/mol. The Balaban J connectivity index is 2.11. The molecule has 0 bridgehead atoms. The van der Waals surface area contributed by atoms with Crippen LogP contribution in [0.15, 0.2) is 0 Å². The molecule has 1 heterocycles. The van der Waals surface area contributed by atoms with Gasteiger partial charge in [0.25, 0.3) is 0 Å². The maximum absolute atomic E-state index is 11.4. The molecule has 1 N–H and O–H groups in total. The molecule has 0 aromatic heterocycles. The number of carbonyl (C=O) groups excluding carboxylic acids is 1. The molecule has 0 aromatic carbocycles. The van der Waals surface area contributed by atoms with E-state index in [2.05, 4.69) is 12.2 Å². The molecule has 0 aromatic rings. The Morgan fingerprint density at radius 2 is 2.46 bits per heavy atom. The fraction of sp³-hybridized carbons (Fsp3) is 0.900. The number of unbranched alkanes of at least 4 members (excludes halogenated alkanes) is 1. The maximum atomic E-state index is 11.4. The van der Waals surface area contributed by atoms with E-state index in [4.69, 9.17) is 4.74 Å². The lowest BCUT2D eigenvalue weighted by atomic mass is 10.1. The molecule has 3 nitrogen and oxygen atoms in total. The molecule has 0 spiro atoms. The van der Waals surface area contributed by atoms with Crippen LogP contribution in [-0.4, -0.2) is 31.6 Å². The van der Waals surface area contributed by atoms with E-state index in [1.807, 2.05) is 0 Å². The number of hydrogen-bond acceptors (Lipinski definition) is 3. The van der Waals surface area contributed by atoms with Crippen molar-refractivity contribution in [2.45, 2.75) is 38.7 Å². The molecule has 3 heteroatoms. The Morgan fingerprint density at radius 3 is 3.08 bits per heavy atom. The number of Topliss-reactive ketones (excluding diaryl/α,β-unsaturated/α-hetero) is 1. The van der Waals surface area contributed by atoms with Crippen LogP contribution in [0.5, 0.6) is 0 Å². The van der Waals surface area contributed by atoms with E-state index < -0.39 is 0 Å². The van der Waals surface area contributed by atoms with Gasteiger partial charge in [-0.3, -0.25) is 4.79 Å². The number of hydrogen-bond donors (Lipinski definition) is 1. The Labute approximate surface area is 79.8 Å². The SMILES string of the molecule is CCCCC(=O)CC1CNCCO1. The molecular weight excluding hydrogens is 166 g/mol. The quantitative estimate of drug-likeness (QED) is 0.697. The van der Waals surface area contributed by atoms with E-state index in [9.17, 15) is 4.79 Å². The van der Waals surface area contributed by atoms with Gasteiger partial charge < -0.3 is 10.1 Å². The lowest BCUT2D eigenvalue weighted by molar-refractivity contribution is -0.122. The van der Waals surface area contributed by atoms with E-state index >= 15 is 0 Å². The molecule has 1 atom stereocenters. The summed E-state index contributed by atoms with van der Waals surface area (Å²) >= 11 is 0. The fourth-order valence-electron chi connectivity index (χ4n) is 1.48. The lowest BCUT2D eigenvalue weighted by Crippen LogP contribution is -2.39. The van der Waals surface area contributed by atoms with Gasteiger partial charge in [-0.2, -0.15) is 0 Å². The van der Waals surface area contributed by atoms with Gasteiger partial charge in [0, 0.05) is 25.9 Å². The molecule has 0 aliphatic carbocycles. The molecule has 1 aliphatic heterocycles. The van der Waals surface area contributed by atoms with Gasteiger partial charge in [0.15, 0.2) is 0 Å². The molecule has 1 aliphatic rings. The first-order chi connectivity index (χ1) is 6.33. The highest BCUT2D eigenvalue weighted by atomic mass is 16.5. The molecular formula is C10H19NO2. The average molecular weight is 185 g/mol. The highest BCUT2D eigenvalue weighted by Gasteiger charge is 2.16. The van der Waals surface area contributed by atoms with E-state index in [0.717, 1.165) is 39.0 Å². The van der Waals surface area contributed by atoms with Gasteiger partial charge in [0.1, 0.15) is 5.78 Å². The standard InChI is InChI=1S/C10H19NO2/c1-2-3-4-9(12)7-10-8-11-5-6-13-10/h10-11H,2-8H2,1H3. The van der Waals surface area contributed by atoms with Crippen molar-refractivity contribution < 1.29 is 9.53 Å². The number of ether oxygens (including phenoxy) is 1. The van der Waals surface area contributed by atoms with Crippen LogP contribution in [0, 0.1) is 0 Å². The van der Waals surface area contributed by atoms with Gasteiger partial charge in [-0.25, -0.2) is 0 Å². The summed E-state index contributed by atoms with van der Waals surface area (Å²) in [6.07, 6.45) is 3.54. The first-order valence-corrected chi connectivity index (χ1v) is 5.17. The second kappa shape index (κ2) is 6.11. The van der Waals surface area contributed by atoms with Crippen molar-refractivity contribution >= 4 is 5.78 Å². The summed E-state index contributed by atoms with van der Waals surface area (Å²) in [4.78, 5) is 11.4. The third kappa shape index (κ3) is 4.39. The largest absolute Gasteiger partial charge is 0.375 e. The van der Waals surface area contributed by atoms with Gasteiger partial charge in [0.2, 0.25) is 0 Å². The highest BCUT2D eigenvalue weighted by Crippen LogP contribution is 2.06. The van der Waals surface area contributed by atoms with Crippen LogP contribution in [0.4, 0.5) is 0 Å². The summed E-state index contributed by atoms with van der Waals surface area (Å²) in [5.74, 6) is 0.343. The first kappa shape index (κ1) is 10.7. The van der Waals surface area contributed by atoms with Gasteiger partial charge in [0.05, 0.1) is 12.7 Å². The molecule has 0 radical (unpaired) electrons. The fourth-order valence-corrected chi connectivity index (χ4v) is 1.48. The number of rotatable bonds is 5. The predicted octanol–water partition coefficient (Wildman–Crippen LogP) is 1.12. The highest BCUT2D eigenvalue weighted by molar-refractivity contribution is 5.78. The molecule has 1 rings (SSSR count). The maximum Gasteiger partial charge on any atom is 0.135 e. The van der Waals surface area contributed by atoms with E-state index in [1.165, 1.54) is 0 Å². The zero-order chi connectivity index (χ0) is 9.52. The van der Waals surface area contributed by atoms with Crippen LogP contribution in [-0.2, 0) is 9.53 Å². The van der Waals surface area contributed by atoms with E-state index in [0.29, 0.717) is 12.2 Å². The summed E-state index contributed by atoms with van der Waals surface area (Å²) in [7, 11) is 0. The van der Waals surface area contributed by atoms with Crippen molar-refractivity contribution in [3.05, 3.63) is 0 Å². The first-order valence-electron chi connectivity index (χ1n) is 5.17. The van der Waals surface area contributed by atoms with E-state index in [1.54, 1.807) is 0 Å². The zero-order valence-electron chi connectivity index (χ0n) is 8.34. The third-order valence-corrected chi connectivity index (χ3v) is 2.27. The number of morpholine rings is 1. The van der Waals surface area contributed by atoms with Crippen LogP contribution in [0.25, 0.3) is 0 Å². The summed E-state index contributed by atoms with van der Waals surface area (Å²) in [6.45, 7) is 4.59. The average Bonchev–Trinajstić information content (AvgIpc) is 2.16. The molecule has 13 heavy (non-hydrogen) atoms. The van der Waals surface area contributed by atoms with Crippen molar-refractivity contribution in [3.8, 4) is 0 Å². The lowest BCUT2D eigenvalue weighted by Gasteiger charge is -2.22. The number of carbonyl (C=O) groups is 1. The summed E-state index contributed by atoms with van der Waals surface area (Å²) < 4.78 is 5.45. The number of nitrogens with one attached hydrogen (secondary N) is 1. The Bertz CT molecular complexity index is 153. The van der Waals surface area contributed by atoms with Gasteiger partial charge in [-0.15, -0.1) is 0 Å². The van der Waals surface area contributed by atoms with Crippen LogP contribution in [0.3, 0.4) is 0 Å². The normalized spacial score (nSPS) is 23.0. The molecule has 0 amide bonds. The number of ketones is 1. The van der Waals surface area contributed by atoms with Gasteiger partial charge in [-0.05, 0) is 6.42 Å². The van der Waals surface area contributed by atoms with Crippen molar-refractivity contribution in [2.75, 3.05) is 19.7 Å². The molecule has 1 saturated heterocycles. The monoisotopic (exact) mass is 185 g/mol. The van der Waals surface area contributed by atoms with Crippen molar-refractivity contribution in [3.63, 3.8) is 0 Å². The summed E-state index contributed by atoms with van der Waals surface area (Å²) in [6, 6.07) is 0. The molecule has 1 fully saturated rings.